The first-order valence-electron chi connectivity index (χ1n) is 3.55. The number of nitrogens with zero attached hydrogens (tertiary/aromatic N) is 5. The molecule has 0 aliphatic heterocycles. The Morgan fingerprint density at radius 1 is 1.62 bits per heavy atom. The molecule has 64 valence electrons. The zero-order valence-electron chi connectivity index (χ0n) is 6.58. The van der Waals surface area contributed by atoms with Crippen molar-refractivity contribution in [3.05, 3.63) is 28.7 Å². The second kappa shape index (κ2) is 3.33. The van der Waals surface area contributed by atoms with E-state index in [9.17, 15) is 0 Å². The highest BCUT2D eigenvalue weighted by Crippen LogP contribution is 2.04. The molecule has 0 unspecified atom stereocenters. The lowest BCUT2D eigenvalue weighted by molar-refractivity contribution is 0.763. The zero-order chi connectivity index (χ0) is 9.10. The molecule has 13 heavy (non-hydrogen) atoms. The number of thiazole rings is 1. The lowest BCUT2D eigenvalue weighted by Gasteiger charge is -1.96. The molecule has 0 saturated heterocycles. The Morgan fingerprint density at radius 3 is 3.23 bits per heavy atom. The van der Waals surface area contributed by atoms with Crippen LogP contribution in [0.3, 0.4) is 0 Å². The first-order valence-corrected chi connectivity index (χ1v) is 4.49. The summed E-state index contributed by atoms with van der Waals surface area (Å²) in [6, 6.07) is 1.95. The average Bonchev–Trinajstić information content (AvgIpc) is 2.76. The van der Waals surface area contributed by atoms with Crippen LogP contribution >= 0.6 is 11.3 Å². The minimum atomic E-state index is 0.313. The summed E-state index contributed by atoms with van der Waals surface area (Å²) >= 11 is 1.53. The molecule has 0 aromatic carbocycles. The van der Waals surface area contributed by atoms with Gasteiger partial charge >= 0.3 is 0 Å². The Kier molecular flexibility index (Phi) is 2.02. The third-order valence-electron chi connectivity index (χ3n) is 1.53. The lowest BCUT2D eigenvalue weighted by atomic mass is 10.5. The molecule has 0 aliphatic carbocycles. The molecular formula is C7H5N5S. The Hall–Kier alpha value is -1.74. The number of rotatable bonds is 2. The third kappa shape index (κ3) is 1.55. The first-order chi connectivity index (χ1) is 6.40. The zero-order valence-corrected chi connectivity index (χ0v) is 7.40. The van der Waals surface area contributed by atoms with E-state index in [2.05, 4.69) is 15.2 Å². The van der Waals surface area contributed by atoms with Crippen molar-refractivity contribution >= 4 is 11.3 Å². The summed E-state index contributed by atoms with van der Waals surface area (Å²) in [7, 11) is 0. The molecule has 2 rings (SSSR count). The van der Waals surface area contributed by atoms with Gasteiger partial charge < -0.3 is 0 Å². The molecule has 0 saturated carbocycles. The second-order valence-corrected chi connectivity index (χ2v) is 3.09. The van der Waals surface area contributed by atoms with Gasteiger partial charge in [0.2, 0.25) is 5.82 Å². The SMILES string of the molecule is N#Cc1nncn1Cc1cscn1. The molecular weight excluding hydrogens is 186 g/mol. The summed E-state index contributed by atoms with van der Waals surface area (Å²) in [5.74, 6) is 0.313. The third-order valence-corrected chi connectivity index (χ3v) is 2.17. The molecule has 2 aromatic heterocycles. The van der Waals surface area contributed by atoms with E-state index in [1.807, 2.05) is 11.4 Å². The lowest BCUT2D eigenvalue weighted by Crippen LogP contribution is -2.01. The molecule has 2 heterocycles. The van der Waals surface area contributed by atoms with Gasteiger partial charge in [0.05, 0.1) is 17.7 Å². The normalized spacial score (nSPS) is 9.77. The number of hydrogen-bond donors (Lipinski definition) is 0. The second-order valence-electron chi connectivity index (χ2n) is 2.37. The Labute approximate surface area is 78.3 Å². The van der Waals surface area contributed by atoms with Crippen LogP contribution in [-0.2, 0) is 6.54 Å². The smallest absolute Gasteiger partial charge is 0.235 e. The van der Waals surface area contributed by atoms with Gasteiger partial charge in [-0.1, -0.05) is 0 Å². The van der Waals surface area contributed by atoms with Gasteiger partial charge in [-0.2, -0.15) is 5.26 Å². The van der Waals surface area contributed by atoms with Gasteiger partial charge in [-0.3, -0.25) is 4.57 Å². The monoisotopic (exact) mass is 191 g/mol. The summed E-state index contributed by atoms with van der Waals surface area (Å²) < 4.78 is 1.66. The van der Waals surface area contributed by atoms with Gasteiger partial charge in [0.15, 0.2) is 0 Å². The van der Waals surface area contributed by atoms with Gasteiger partial charge in [-0.15, -0.1) is 21.5 Å². The summed E-state index contributed by atoms with van der Waals surface area (Å²) in [4.78, 5) is 4.10. The van der Waals surface area contributed by atoms with Crippen molar-refractivity contribution in [2.45, 2.75) is 6.54 Å². The molecule has 0 amide bonds. The maximum Gasteiger partial charge on any atom is 0.235 e. The van der Waals surface area contributed by atoms with Crippen LogP contribution in [0.25, 0.3) is 0 Å². The van der Waals surface area contributed by atoms with E-state index in [1.165, 1.54) is 17.7 Å². The molecule has 6 heteroatoms. The summed E-state index contributed by atoms with van der Waals surface area (Å²) in [6.07, 6.45) is 1.53. The van der Waals surface area contributed by atoms with E-state index in [4.69, 9.17) is 5.26 Å². The fourth-order valence-electron chi connectivity index (χ4n) is 0.947. The van der Waals surface area contributed by atoms with E-state index >= 15 is 0 Å². The van der Waals surface area contributed by atoms with Crippen LogP contribution in [0.15, 0.2) is 17.2 Å². The van der Waals surface area contributed by atoms with Crippen molar-refractivity contribution in [2.24, 2.45) is 0 Å². The van der Waals surface area contributed by atoms with E-state index in [0.717, 1.165) is 5.69 Å². The number of nitriles is 1. The number of hydrogen-bond acceptors (Lipinski definition) is 5. The van der Waals surface area contributed by atoms with Crippen LogP contribution in [0.4, 0.5) is 0 Å². The van der Waals surface area contributed by atoms with Crippen molar-refractivity contribution in [1.82, 2.24) is 19.7 Å². The van der Waals surface area contributed by atoms with Gasteiger partial charge in [-0.25, -0.2) is 4.98 Å². The van der Waals surface area contributed by atoms with E-state index < -0.39 is 0 Å². The summed E-state index contributed by atoms with van der Waals surface area (Å²) in [5.41, 5.74) is 2.67. The molecule has 5 nitrogen and oxygen atoms in total. The van der Waals surface area contributed by atoms with Crippen molar-refractivity contribution in [3.8, 4) is 6.07 Å². The fraction of sp³-hybridized carbons (Fsp3) is 0.143. The van der Waals surface area contributed by atoms with Crippen LogP contribution in [0.1, 0.15) is 11.5 Å². The van der Waals surface area contributed by atoms with Gasteiger partial charge in [0.1, 0.15) is 12.4 Å². The van der Waals surface area contributed by atoms with Crippen molar-refractivity contribution in [3.63, 3.8) is 0 Å². The molecule has 0 fully saturated rings. The molecule has 0 N–H and O–H groups in total. The fourth-order valence-corrected chi connectivity index (χ4v) is 1.50. The molecule has 0 spiro atoms. The molecule has 0 radical (unpaired) electrons. The van der Waals surface area contributed by atoms with Gasteiger partial charge in [-0.05, 0) is 0 Å². The highest BCUT2D eigenvalue weighted by atomic mass is 32.1. The summed E-state index contributed by atoms with van der Waals surface area (Å²) in [5, 5.41) is 17.9. The van der Waals surface area contributed by atoms with Gasteiger partial charge in [0.25, 0.3) is 0 Å². The number of aromatic nitrogens is 4. The van der Waals surface area contributed by atoms with Crippen LogP contribution in [0, 0.1) is 11.3 Å². The first kappa shape index (κ1) is 7.89. The highest BCUT2D eigenvalue weighted by Gasteiger charge is 2.03. The highest BCUT2D eigenvalue weighted by molar-refractivity contribution is 7.07. The van der Waals surface area contributed by atoms with Crippen molar-refractivity contribution < 1.29 is 0 Å². The quantitative estimate of drug-likeness (QED) is 0.699. The van der Waals surface area contributed by atoms with E-state index in [1.54, 1.807) is 10.1 Å². The minimum Gasteiger partial charge on any atom is -0.299 e. The van der Waals surface area contributed by atoms with E-state index in [-0.39, 0.29) is 0 Å². The van der Waals surface area contributed by atoms with Crippen molar-refractivity contribution in [2.75, 3.05) is 0 Å². The van der Waals surface area contributed by atoms with Crippen molar-refractivity contribution in [1.29, 1.82) is 5.26 Å². The average molecular weight is 191 g/mol. The molecule has 0 atom stereocenters. The maximum absolute atomic E-state index is 8.64. The molecule has 0 aliphatic rings. The summed E-state index contributed by atoms with van der Waals surface area (Å²) in [6.45, 7) is 0.555. The van der Waals surface area contributed by atoms with E-state index in [0.29, 0.717) is 12.4 Å². The Morgan fingerprint density at radius 2 is 2.54 bits per heavy atom. The van der Waals surface area contributed by atoms with Crippen LogP contribution in [-0.4, -0.2) is 19.7 Å². The maximum atomic E-state index is 8.64. The van der Waals surface area contributed by atoms with Crippen LogP contribution in [0.5, 0.6) is 0 Å². The Bertz CT molecular complexity index is 424. The standard InChI is InChI=1S/C7H5N5S/c8-1-7-11-10-4-12(7)2-6-3-13-5-9-6/h3-5H,2H2. The molecule has 2 aromatic rings. The Balaban J connectivity index is 2.24. The predicted octanol–water partition coefficient (Wildman–Crippen LogP) is 0.655. The predicted molar refractivity (Wildman–Crippen MR) is 46.0 cm³/mol. The van der Waals surface area contributed by atoms with Crippen LogP contribution < -0.4 is 0 Å². The topological polar surface area (TPSA) is 67.4 Å². The van der Waals surface area contributed by atoms with Crippen LogP contribution in [0.2, 0.25) is 0 Å². The largest absolute Gasteiger partial charge is 0.299 e. The minimum absolute atomic E-state index is 0.313. The molecule has 0 bridgehead atoms. The van der Waals surface area contributed by atoms with Gasteiger partial charge in [0, 0.05) is 5.38 Å².